The van der Waals surface area contributed by atoms with Crippen LogP contribution >= 0.6 is 23.5 Å². The molecule has 2 aromatic rings. The van der Waals surface area contributed by atoms with Gasteiger partial charge in [-0.1, -0.05) is 24.1 Å². The molecule has 34 heavy (non-hydrogen) atoms. The van der Waals surface area contributed by atoms with E-state index in [1.807, 2.05) is 0 Å². The van der Waals surface area contributed by atoms with E-state index in [2.05, 4.69) is 25.0 Å². The van der Waals surface area contributed by atoms with Gasteiger partial charge in [0.15, 0.2) is 0 Å². The van der Waals surface area contributed by atoms with Gasteiger partial charge >= 0.3 is 23.5 Å². The molecule has 1 aliphatic rings. The van der Waals surface area contributed by atoms with Crippen LogP contribution < -0.4 is 5.56 Å². The summed E-state index contributed by atoms with van der Waals surface area (Å²) < 4.78 is 52.5. The molecule has 1 aromatic heterocycles. The molecule has 186 valence electrons. The van der Waals surface area contributed by atoms with Gasteiger partial charge < -0.3 is 29.4 Å². The Bertz CT molecular complexity index is 1340. The smallest absolute Gasteiger partial charge is 0.390 e. The number of pyridine rings is 1. The van der Waals surface area contributed by atoms with Crippen molar-refractivity contribution in [3.63, 3.8) is 0 Å². The highest BCUT2D eigenvalue weighted by molar-refractivity contribution is 7.66. The van der Waals surface area contributed by atoms with Gasteiger partial charge in [-0.15, -0.1) is 5.92 Å². The van der Waals surface area contributed by atoms with E-state index in [4.69, 9.17) is 14.5 Å². The third-order valence-electron chi connectivity index (χ3n) is 4.54. The second kappa shape index (κ2) is 10.1. The molecule has 1 fully saturated rings. The maximum absolute atomic E-state index is 13.0. The van der Waals surface area contributed by atoms with Crippen LogP contribution in [0.3, 0.4) is 0 Å². The van der Waals surface area contributed by atoms with Crippen molar-refractivity contribution in [2.45, 2.75) is 31.8 Å². The number of benzene rings is 1. The summed E-state index contributed by atoms with van der Waals surface area (Å²) in [5.41, 5.74) is 0.107. The first kappa shape index (κ1) is 26.9. The third-order valence-corrected chi connectivity index (χ3v) is 8.34. The molecule has 14 nitrogen and oxygen atoms in total. The highest BCUT2D eigenvalue weighted by atomic mass is 31.3. The number of rotatable bonds is 8. The van der Waals surface area contributed by atoms with Crippen molar-refractivity contribution < 1.29 is 56.3 Å². The van der Waals surface area contributed by atoms with Crippen molar-refractivity contribution in [3.05, 3.63) is 46.4 Å². The second-order valence-corrected chi connectivity index (χ2v) is 11.4. The molecule has 3 rings (SSSR count). The number of aromatic nitrogens is 1. The van der Waals surface area contributed by atoms with E-state index in [0.29, 0.717) is 16.3 Å². The number of aliphatic hydroxyl groups excluding tert-OH is 1. The average Bonchev–Trinajstić information content (AvgIpc) is 3.06. The molecule has 0 radical (unpaired) electrons. The first-order chi connectivity index (χ1) is 15.7. The summed E-state index contributed by atoms with van der Waals surface area (Å²) in [6, 6.07) is 6.76. The van der Waals surface area contributed by atoms with Gasteiger partial charge in [-0.05, 0) is 13.0 Å². The van der Waals surface area contributed by atoms with Gasteiger partial charge in [0.1, 0.15) is 12.3 Å². The predicted octanol–water partition coefficient (Wildman–Crippen LogP) is 1.36. The fourth-order valence-corrected chi connectivity index (χ4v) is 6.30. The Hall–Kier alpha value is -1.68. The molecule has 0 saturated carbocycles. The van der Waals surface area contributed by atoms with Crippen molar-refractivity contribution in [1.82, 2.24) is 4.57 Å². The Morgan fingerprint density at radius 1 is 1.09 bits per heavy atom. The number of phosphoric ester groups is 1. The second-order valence-electron chi connectivity index (χ2n) is 6.99. The van der Waals surface area contributed by atoms with Gasteiger partial charge in [0.2, 0.25) is 0 Å². The van der Waals surface area contributed by atoms with Crippen LogP contribution in [0.2, 0.25) is 0 Å². The molecule has 1 aromatic carbocycles. The van der Waals surface area contributed by atoms with E-state index < -0.39 is 54.1 Å². The van der Waals surface area contributed by atoms with Crippen LogP contribution in [0, 0.1) is 11.8 Å². The summed E-state index contributed by atoms with van der Waals surface area (Å²) in [4.78, 5) is 48.8. The van der Waals surface area contributed by atoms with Crippen LogP contribution in [0.5, 0.6) is 0 Å². The van der Waals surface area contributed by atoms with Gasteiger partial charge in [0.05, 0.1) is 12.7 Å². The Balaban J connectivity index is 1.76. The molecule has 0 bridgehead atoms. The minimum Gasteiger partial charge on any atom is -0.390 e. The SMILES string of the molecule is CC#Cc1cn(C2CC(O)C(COP(=O)(O)OP(=O)(O)OP(=O)(O)O)O2)c(=O)c2ccccc12. The molecule has 1 aliphatic heterocycles. The van der Waals surface area contributed by atoms with Crippen LogP contribution in [0.25, 0.3) is 10.8 Å². The maximum atomic E-state index is 13.0. The molecule has 0 aliphatic carbocycles. The number of phosphoric acid groups is 3. The standard InChI is InChI=1S/C17H20NO13P3/c1-2-5-11-9-18(17(20)13-7-4-3-6-12(11)13)16-8-14(19)15(29-16)10-28-33(24,25)31-34(26,27)30-32(21,22)23/h3-4,6-7,9,14-16,19H,8,10H2,1H3,(H,24,25)(H,26,27)(H2,21,22,23). The average molecular weight is 539 g/mol. The molecule has 17 heteroatoms. The number of hydrogen-bond acceptors (Lipinski definition) is 9. The Morgan fingerprint density at radius 3 is 2.35 bits per heavy atom. The van der Waals surface area contributed by atoms with Gasteiger partial charge in [0, 0.05) is 29.0 Å². The number of fused-ring (bicyclic) bond motifs is 1. The number of aliphatic hydroxyl groups is 1. The summed E-state index contributed by atoms with van der Waals surface area (Å²) in [6.07, 6.45) is -2.20. The Kier molecular flexibility index (Phi) is 8.02. The lowest BCUT2D eigenvalue weighted by molar-refractivity contribution is -0.0444. The lowest BCUT2D eigenvalue weighted by Gasteiger charge is -2.20. The van der Waals surface area contributed by atoms with E-state index in [1.54, 1.807) is 31.2 Å². The Morgan fingerprint density at radius 2 is 1.74 bits per heavy atom. The molecule has 0 spiro atoms. The zero-order chi connectivity index (χ0) is 25.3. The highest BCUT2D eigenvalue weighted by Gasteiger charge is 2.43. The maximum Gasteiger partial charge on any atom is 0.490 e. The summed E-state index contributed by atoms with van der Waals surface area (Å²) in [7, 11) is -16.6. The zero-order valence-electron chi connectivity index (χ0n) is 17.3. The van der Waals surface area contributed by atoms with E-state index in [-0.39, 0.29) is 6.42 Å². The number of ether oxygens (including phenoxy) is 1. The molecular weight excluding hydrogens is 519 g/mol. The monoisotopic (exact) mass is 539 g/mol. The lowest BCUT2D eigenvalue weighted by atomic mass is 10.1. The molecule has 1 saturated heterocycles. The number of hydrogen-bond donors (Lipinski definition) is 5. The van der Waals surface area contributed by atoms with Crippen LogP contribution in [0.1, 0.15) is 25.1 Å². The summed E-state index contributed by atoms with van der Waals surface area (Å²) in [5.74, 6) is 5.64. The quantitative estimate of drug-likeness (QED) is 0.237. The predicted molar refractivity (Wildman–Crippen MR) is 115 cm³/mol. The van der Waals surface area contributed by atoms with E-state index in [9.17, 15) is 33.4 Å². The first-order valence-corrected chi connectivity index (χ1v) is 13.9. The number of nitrogens with zero attached hydrogens (tertiary/aromatic N) is 1. The van der Waals surface area contributed by atoms with Crippen molar-refractivity contribution in [2.75, 3.05) is 6.61 Å². The van der Waals surface area contributed by atoms with Crippen LogP contribution in [-0.4, -0.2) is 48.1 Å². The highest BCUT2D eigenvalue weighted by Crippen LogP contribution is 2.66. The van der Waals surface area contributed by atoms with E-state index >= 15 is 0 Å². The molecular formula is C17H20NO13P3. The molecule has 2 heterocycles. The zero-order valence-corrected chi connectivity index (χ0v) is 20.0. The Labute approximate surface area is 192 Å². The third kappa shape index (κ3) is 6.71. The topological polar surface area (TPSA) is 211 Å². The minimum absolute atomic E-state index is 0.109. The van der Waals surface area contributed by atoms with Crippen LogP contribution in [0.4, 0.5) is 0 Å². The van der Waals surface area contributed by atoms with Crippen molar-refractivity contribution in [1.29, 1.82) is 0 Å². The van der Waals surface area contributed by atoms with E-state index in [1.165, 1.54) is 10.8 Å². The normalized spacial score (nSPS) is 24.2. The van der Waals surface area contributed by atoms with Crippen molar-refractivity contribution in [2.24, 2.45) is 0 Å². The fraction of sp³-hybridized carbons (Fsp3) is 0.353. The first-order valence-electron chi connectivity index (χ1n) is 9.40. The van der Waals surface area contributed by atoms with Crippen molar-refractivity contribution >= 4 is 34.2 Å². The van der Waals surface area contributed by atoms with Crippen LogP contribution in [-0.2, 0) is 31.6 Å². The summed E-state index contributed by atoms with van der Waals surface area (Å²) in [6.45, 7) is 0.782. The molecule has 5 N–H and O–H groups in total. The minimum atomic E-state index is -5.68. The molecule has 5 unspecified atom stereocenters. The van der Waals surface area contributed by atoms with Crippen LogP contribution in [0.15, 0.2) is 35.3 Å². The molecule has 5 atom stereocenters. The van der Waals surface area contributed by atoms with Gasteiger partial charge in [-0.2, -0.15) is 8.62 Å². The van der Waals surface area contributed by atoms with E-state index in [0.717, 1.165) is 0 Å². The molecule has 0 amide bonds. The lowest BCUT2D eigenvalue weighted by Crippen LogP contribution is -2.27. The van der Waals surface area contributed by atoms with Gasteiger partial charge in [0.25, 0.3) is 5.56 Å². The van der Waals surface area contributed by atoms with Gasteiger partial charge in [-0.25, -0.2) is 13.7 Å². The largest absolute Gasteiger partial charge is 0.490 e. The van der Waals surface area contributed by atoms with Gasteiger partial charge in [-0.3, -0.25) is 13.9 Å². The fourth-order valence-electron chi connectivity index (χ4n) is 3.27. The summed E-state index contributed by atoms with van der Waals surface area (Å²) in [5, 5.41) is 11.3. The van der Waals surface area contributed by atoms with Crippen molar-refractivity contribution in [3.8, 4) is 11.8 Å². The summed E-state index contributed by atoms with van der Waals surface area (Å²) >= 11 is 0.